The lowest BCUT2D eigenvalue weighted by Gasteiger charge is -2.23. The molecule has 0 bridgehead atoms. The Balaban J connectivity index is 1.45. The smallest absolute Gasteiger partial charge is 0.271 e. The Hall–Kier alpha value is -4.39. The van der Waals surface area contributed by atoms with E-state index >= 15 is 0 Å². The number of ketones is 1. The number of fused-ring (bicyclic) bond motifs is 1. The molecule has 49 heavy (non-hydrogen) atoms. The molecule has 7 rings (SSSR count). The molecule has 1 unspecified atom stereocenters. The minimum absolute atomic E-state index is 0.0144. The van der Waals surface area contributed by atoms with Gasteiger partial charge in [-0.25, -0.2) is 0 Å². The number of carbonyl (C=O) groups excluding carboxylic acids is 1. The fourth-order valence-corrected chi connectivity index (χ4v) is 9.88. The van der Waals surface area contributed by atoms with Crippen molar-refractivity contribution < 1.29 is 4.79 Å². The molecule has 0 saturated carbocycles. The van der Waals surface area contributed by atoms with Gasteiger partial charge in [0.05, 0.1) is 5.70 Å². The fraction of sp³-hybridized carbons (Fsp3) is 0.256. The summed E-state index contributed by atoms with van der Waals surface area (Å²) < 4.78 is 3.31. The van der Waals surface area contributed by atoms with E-state index in [1.54, 1.807) is 11.8 Å². The average molecular weight is 683 g/mol. The summed E-state index contributed by atoms with van der Waals surface area (Å²) in [6.45, 7) is 5.57. The van der Waals surface area contributed by atoms with Crippen LogP contribution in [0.15, 0.2) is 120 Å². The first-order valence-electron chi connectivity index (χ1n) is 17.6. The minimum Gasteiger partial charge on any atom is -0.333 e. The second-order valence-electron chi connectivity index (χ2n) is 12.7. The highest BCUT2D eigenvalue weighted by molar-refractivity contribution is 8.16. The summed E-state index contributed by atoms with van der Waals surface area (Å²) >= 11 is 3.19. The minimum atomic E-state index is -0.230. The molecule has 1 atom stereocenters. The van der Waals surface area contributed by atoms with E-state index in [1.165, 1.54) is 37.0 Å². The highest BCUT2D eigenvalue weighted by Crippen LogP contribution is 2.51. The lowest BCUT2D eigenvalue weighted by atomic mass is 9.90. The molecule has 4 nitrogen and oxygen atoms in total. The maximum Gasteiger partial charge on any atom is 0.271 e. The molecule has 248 valence electrons. The third-order valence-electron chi connectivity index (χ3n) is 9.55. The zero-order chi connectivity index (χ0) is 33.7. The van der Waals surface area contributed by atoms with Gasteiger partial charge >= 0.3 is 0 Å². The number of hydrogen-bond donors (Lipinski definition) is 0. The van der Waals surface area contributed by atoms with E-state index in [2.05, 4.69) is 84.6 Å². The van der Waals surface area contributed by atoms with E-state index < -0.39 is 0 Å². The summed E-state index contributed by atoms with van der Waals surface area (Å²) in [5, 5.41) is 0.967. The Morgan fingerprint density at radius 3 is 1.98 bits per heavy atom. The van der Waals surface area contributed by atoms with Gasteiger partial charge < -0.3 is 4.90 Å². The van der Waals surface area contributed by atoms with E-state index in [4.69, 9.17) is 0 Å². The highest BCUT2D eigenvalue weighted by atomic mass is 32.2. The Morgan fingerprint density at radius 1 is 0.673 bits per heavy atom. The molecule has 1 aliphatic heterocycles. The Labute approximate surface area is 297 Å². The van der Waals surface area contributed by atoms with Crippen molar-refractivity contribution in [3.63, 3.8) is 0 Å². The van der Waals surface area contributed by atoms with Gasteiger partial charge in [-0.3, -0.25) is 14.2 Å². The molecule has 0 N–H and O–H groups in total. The van der Waals surface area contributed by atoms with Crippen molar-refractivity contribution in [3.8, 4) is 0 Å². The van der Waals surface area contributed by atoms with Crippen molar-refractivity contribution in [2.75, 3.05) is 6.54 Å². The number of aromatic nitrogens is 1. The van der Waals surface area contributed by atoms with Crippen molar-refractivity contribution >= 4 is 50.1 Å². The monoisotopic (exact) mass is 682 g/mol. The summed E-state index contributed by atoms with van der Waals surface area (Å²) in [6, 6.07) is 39.3. The van der Waals surface area contributed by atoms with E-state index in [1.807, 2.05) is 54.0 Å². The molecule has 1 aliphatic carbocycles. The Morgan fingerprint density at radius 2 is 1.29 bits per heavy atom. The SMILES string of the molecule is CCCCCCCCN1C(c2ccccc2)=C(c2ccccc2)S/C1=c1/s/c(=C2\C(=O)c3ccccc3C2c2ccccc2)n(CC)c1=O. The molecule has 0 fully saturated rings. The van der Waals surface area contributed by atoms with Gasteiger partial charge in [-0.05, 0) is 35.6 Å². The third-order valence-corrected chi connectivity index (χ3v) is 12.1. The zero-order valence-corrected chi connectivity index (χ0v) is 29.9. The molecule has 4 aromatic carbocycles. The standard InChI is InChI=1S/C43H42N2O2S2/c1-3-5-6-7-8-20-29-45-37(31-23-14-10-15-24-31)39(32-25-16-11-17-26-32)48-43(45)40-41(47)44(4-2)42(49-40)36-35(30-21-12-9-13-22-30)33-27-18-19-28-34(33)38(36)46/h9-19,21-28,35H,3-8,20,29H2,1-2H3/b42-36-,43-40+. The molecule has 2 aliphatic rings. The van der Waals surface area contributed by atoms with Crippen molar-refractivity contribution in [2.24, 2.45) is 0 Å². The lowest BCUT2D eigenvalue weighted by molar-refractivity contribution is 0.105. The van der Waals surface area contributed by atoms with E-state index in [-0.39, 0.29) is 17.3 Å². The topological polar surface area (TPSA) is 42.3 Å². The van der Waals surface area contributed by atoms with Crippen LogP contribution in [0, 0.1) is 0 Å². The van der Waals surface area contributed by atoms with Crippen LogP contribution in [-0.4, -0.2) is 21.8 Å². The van der Waals surface area contributed by atoms with Crippen LogP contribution in [0.3, 0.4) is 0 Å². The van der Waals surface area contributed by atoms with Gasteiger partial charge in [-0.15, -0.1) is 11.3 Å². The number of Topliss-reactive ketones (excluding diaryl/α,β-unsaturated/α-hetero) is 1. The van der Waals surface area contributed by atoms with Crippen LogP contribution in [-0.2, 0) is 6.54 Å². The first-order valence-corrected chi connectivity index (χ1v) is 19.2. The van der Waals surface area contributed by atoms with Crippen molar-refractivity contribution in [2.45, 2.75) is 64.8 Å². The third kappa shape index (κ3) is 6.40. The lowest BCUT2D eigenvalue weighted by Crippen LogP contribution is -2.35. The largest absolute Gasteiger partial charge is 0.333 e. The molecule has 6 heteroatoms. The molecule has 2 heterocycles. The molecule has 0 spiro atoms. The van der Waals surface area contributed by atoms with Gasteiger partial charge in [0.25, 0.3) is 5.56 Å². The maximum atomic E-state index is 14.6. The number of carbonyl (C=O) groups is 1. The van der Waals surface area contributed by atoms with Crippen LogP contribution < -0.4 is 14.8 Å². The van der Waals surface area contributed by atoms with Gasteiger partial charge in [0.1, 0.15) is 14.2 Å². The van der Waals surface area contributed by atoms with Crippen LogP contribution >= 0.6 is 23.1 Å². The molecule has 0 saturated heterocycles. The quantitative estimate of drug-likeness (QED) is 0.130. The second kappa shape index (κ2) is 15.0. The van der Waals surface area contributed by atoms with E-state index in [9.17, 15) is 9.59 Å². The molecular formula is C43H42N2O2S2. The van der Waals surface area contributed by atoms with Crippen LogP contribution in [0.25, 0.3) is 21.2 Å². The van der Waals surface area contributed by atoms with Crippen LogP contribution in [0.2, 0.25) is 0 Å². The molecule has 0 amide bonds. The number of hydrogen-bond acceptors (Lipinski definition) is 5. The van der Waals surface area contributed by atoms with Crippen LogP contribution in [0.4, 0.5) is 0 Å². The zero-order valence-electron chi connectivity index (χ0n) is 28.2. The van der Waals surface area contributed by atoms with Gasteiger partial charge in [0.15, 0.2) is 5.78 Å². The summed E-state index contributed by atoms with van der Waals surface area (Å²) in [5.41, 5.74) is 6.90. The fourth-order valence-electron chi connectivity index (χ4n) is 7.16. The van der Waals surface area contributed by atoms with Crippen molar-refractivity contribution in [3.05, 3.63) is 163 Å². The normalized spacial score (nSPS) is 18.0. The number of rotatable bonds is 11. The van der Waals surface area contributed by atoms with Gasteiger partial charge in [0, 0.05) is 35.0 Å². The number of benzene rings is 4. The molecule has 1 aromatic heterocycles. The Kier molecular flexibility index (Phi) is 10.2. The number of thiazole rings is 1. The van der Waals surface area contributed by atoms with Crippen LogP contribution in [0.1, 0.15) is 90.9 Å². The number of thioether (sulfide) groups is 1. The van der Waals surface area contributed by atoms with Gasteiger partial charge in [-0.2, -0.15) is 0 Å². The molecule has 0 radical (unpaired) electrons. The average Bonchev–Trinajstić information content (AvgIpc) is 3.79. The molecule has 5 aromatic rings. The maximum absolute atomic E-state index is 14.6. The summed E-state index contributed by atoms with van der Waals surface area (Å²) in [5.74, 6) is -0.215. The summed E-state index contributed by atoms with van der Waals surface area (Å²) in [4.78, 5) is 32.5. The second-order valence-corrected chi connectivity index (χ2v) is 14.7. The Bertz CT molecular complexity index is 2170. The summed E-state index contributed by atoms with van der Waals surface area (Å²) in [6.07, 6.45) is 7.15. The first-order chi connectivity index (χ1) is 24.1. The van der Waals surface area contributed by atoms with E-state index in [0.29, 0.717) is 16.7 Å². The first kappa shape index (κ1) is 33.1. The number of nitrogens with zero attached hydrogens (tertiary/aromatic N) is 2. The van der Waals surface area contributed by atoms with Crippen molar-refractivity contribution in [1.29, 1.82) is 0 Å². The van der Waals surface area contributed by atoms with E-state index in [0.717, 1.165) is 67.5 Å². The predicted octanol–water partition coefficient (Wildman–Crippen LogP) is 9.11. The summed E-state index contributed by atoms with van der Waals surface area (Å²) in [7, 11) is 0. The van der Waals surface area contributed by atoms with Crippen molar-refractivity contribution in [1.82, 2.24) is 9.47 Å². The van der Waals surface area contributed by atoms with Gasteiger partial charge in [0.2, 0.25) is 0 Å². The van der Waals surface area contributed by atoms with Gasteiger partial charge in [-0.1, -0.05) is 166 Å². The van der Waals surface area contributed by atoms with Crippen LogP contribution in [0.5, 0.6) is 0 Å². The predicted molar refractivity (Wildman–Crippen MR) is 207 cm³/mol. The highest BCUT2D eigenvalue weighted by Gasteiger charge is 2.38. The number of unbranched alkanes of at least 4 members (excludes halogenated alkanes) is 5. The molecular weight excluding hydrogens is 641 g/mol.